The third-order valence-corrected chi connectivity index (χ3v) is 2.46. The van der Waals surface area contributed by atoms with Gasteiger partial charge >= 0.3 is 0 Å². The van der Waals surface area contributed by atoms with Gasteiger partial charge in [-0.3, -0.25) is 9.69 Å². The number of nitrogens with two attached hydrogens (primary N) is 1. The van der Waals surface area contributed by atoms with Gasteiger partial charge in [-0.2, -0.15) is 0 Å². The minimum Gasteiger partial charge on any atom is -0.379 e. The Morgan fingerprint density at radius 1 is 1.40 bits per heavy atom. The summed E-state index contributed by atoms with van der Waals surface area (Å²) in [7, 11) is 0. The van der Waals surface area contributed by atoms with Crippen LogP contribution < -0.4 is 11.1 Å². The standard InChI is InChI=1S/C10H21N3O2/c11-3-1-4-12-10(14)2-5-13-6-8-15-9-7-13/h1-9,11H2,(H,12,14). The Kier molecular flexibility index (Phi) is 6.31. The molecule has 1 aliphatic heterocycles. The molecule has 1 aliphatic rings. The fourth-order valence-electron chi connectivity index (χ4n) is 1.50. The van der Waals surface area contributed by atoms with E-state index >= 15 is 0 Å². The Labute approximate surface area is 90.9 Å². The maximum atomic E-state index is 11.4. The molecule has 0 bridgehead atoms. The van der Waals surface area contributed by atoms with Crippen molar-refractivity contribution in [1.29, 1.82) is 0 Å². The van der Waals surface area contributed by atoms with Crippen molar-refractivity contribution in [2.45, 2.75) is 12.8 Å². The van der Waals surface area contributed by atoms with Crippen LogP contribution in [0.25, 0.3) is 0 Å². The van der Waals surface area contributed by atoms with Crippen molar-refractivity contribution in [3.8, 4) is 0 Å². The average molecular weight is 215 g/mol. The van der Waals surface area contributed by atoms with E-state index in [2.05, 4.69) is 10.2 Å². The number of carbonyl (C=O) groups excluding carboxylic acids is 1. The number of carbonyl (C=O) groups is 1. The number of hydrogen-bond acceptors (Lipinski definition) is 4. The molecule has 1 amide bonds. The third-order valence-electron chi connectivity index (χ3n) is 2.46. The van der Waals surface area contributed by atoms with Gasteiger partial charge in [0.25, 0.3) is 0 Å². The Morgan fingerprint density at radius 2 is 2.13 bits per heavy atom. The lowest BCUT2D eigenvalue weighted by Crippen LogP contribution is -2.39. The molecule has 0 atom stereocenters. The molecule has 0 spiro atoms. The van der Waals surface area contributed by atoms with Gasteiger partial charge in [-0.15, -0.1) is 0 Å². The van der Waals surface area contributed by atoms with Crippen molar-refractivity contribution >= 4 is 5.91 Å². The van der Waals surface area contributed by atoms with Gasteiger partial charge in [0.2, 0.25) is 5.91 Å². The molecule has 0 radical (unpaired) electrons. The van der Waals surface area contributed by atoms with E-state index in [4.69, 9.17) is 10.5 Å². The van der Waals surface area contributed by atoms with Crippen LogP contribution in [0.2, 0.25) is 0 Å². The number of hydrogen-bond donors (Lipinski definition) is 2. The molecule has 88 valence electrons. The van der Waals surface area contributed by atoms with E-state index < -0.39 is 0 Å². The predicted molar refractivity (Wildman–Crippen MR) is 58.6 cm³/mol. The maximum absolute atomic E-state index is 11.4. The Bertz CT molecular complexity index is 182. The molecule has 1 rings (SSSR count). The minimum atomic E-state index is 0.120. The minimum absolute atomic E-state index is 0.120. The first-order valence-electron chi connectivity index (χ1n) is 5.60. The van der Waals surface area contributed by atoms with E-state index in [1.165, 1.54) is 0 Å². The normalized spacial score (nSPS) is 17.7. The van der Waals surface area contributed by atoms with Crippen molar-refractivity contribution in [2.75, 3.05) is 45.9 Å². The van der Waals surface area contributed by atoms with Gasteiger partial charge in [0.15, 0.2) is 0 Å². The number of ether oxygens (including phenoxy) is 1. The van der Waals surface area contributed by atoms with Crippen LogP contribution >= 0.6 is 0 Å². The summed E-state index contributed by atoms with van der Waals surface area (Å²) in [5, 5.41) is 2.85. The van der Waals surface area contributed by atoms with Crippen molar-refractivity contribution in [2.24, 2.45) is 5.73 Å². The van der Waals surface area contributed by atoms with Crippen LogP contribution in [0.1, 0.15) is 12.8 Å². The topological polar surface area (TPSA) is 67.6 Å². The molecule has 1 heterocycles. The molecule has 1 fully saturated rings. The second-order valence-corrected chi connectivity index (χ2v) is 3.70. The molecule has 1 saturated heterocycles. The molecular weight excluding hydrogens is 194 g/mol. The zero-order chi connectivity index (χ0) is 10.9. The number of nitrogens with one attached hydrogen (secondary N) is 1. The van der Waals surface area contributed by atoms with Gasteiger partial charge in [0.1, 0.15) is 0 Å². The summed E-state index contributed by atoms with van der Waals surface area (Å²) in [4.78, 5) is 13.6. The van der Waals surface area contributed by atoms with Gasteiger partial charge in [-0.25, -0.2) is 0 Å². The van der Waals surface area contributed by atoms with Crippen LogP contribution in [0.5, 0.6) is 0 Å². The molecule has 0 aromatic rings. The molecule has 0 unspecified atom stereocenters. The third kappa shape index (κ3) is 5.71. The highest BCUT2D eigenvalue weighted by atomic mass is 16.5. The largest absolute Gasteiger partial charge is 0.379 e. The average Bonchev–Trinajstić information content (AvgIpc) is 2.28. The van der Waals surface area contributed by atoms with E-state index in [0.717, 1.165) is 39.3 Å². The Morgan fingerprint density at radius 3 is 2.80 bits per heavy atom. The Hall–Kier alpha value is -0.650. The van der Waals surface area contributed by atoms with Crippen molar-refractivity contribution in [1.82, 2.24) is 10.2 Å². The number of nitrogens with zero attached hydrogens (tertiary/aromatic N) is 1. The predicted octanol–water partition coefficient (Wildman–Crippen LogP) is -0.826. The van der Waals surface area contributed by atoms with E-state index in [1.807, 2.05) is 0 Å². The summed E-state index contributed by atoms with van der Waals surface area (Å²) < 4.78 is 5.23. The molecular formula is C10H21N3O2. The first kappa shape index (κ1) is 12.4. The molecule has 5 nitrogen and oxygen atoms in total. The maximum Gasteiger partial charge on any atom is 0.221 e. The second kappa shape index (κ2) is 7.62. The lowest BCUT2D eigenvalue weighted by Gasteiger charge is -2.26. The first-order valence-corrected chi connectivity index (χ1v) is 5.60. The lowest BCUT2D eigenvalue weighted by atomic mass is 10.3. The van der Waals surface area contributed by atoms with Crippen molar-refractivity contribution < 1.29 is 9.53 Å². The van der Waals surface area contributed by atoms with Crippen LogP contribution in [-0.2, 0) is 9.53 Å². The molecule has 0 aromatic carbocycles. The molecule has 5 heteroatoms. The summed E-state index contributed by atoms with van der Waals surface area (Å²) in [6.45, 7) is 5.61. The van der Waals surface area contributed by atoms with Crippen LogP contribution in [0.15, 0.2) is 0 Å². The Balaban J connectivity index is 2.00. The molecule has 0 saturated carbocycles. The van der Waals surface area contributed by atoms with Gasteiger partial charge in [0, 0.05) is 32.6 Å². The summed E-state index contributed by atoms with van der Waals surface area (Å²) in [6.07, 6.45) is 1.42. The molecule has 0 aliphatic carbocycles. The van der Waals surface area contributed by atoms with Gasteiger partial charge in [-0.05, 0) is 13.0 Å². The highest BCUT2D eigenvalue weighted by molar-refractivity contribution is 5.75. The fraction of sp³-hybridized carbons (Fsp3) is 0.900. The van der Waals surface area contributed by atoms with Crippen molar-refractivity contribution in [3.05, 3.63) is 0 Å². The first-order chi connectivity index (χ1) is 7.33. The van der Waals surface area contributed by atoms with E-state index in [1.54, 1.807) is 0 Å². The van der Waals surface area contributed by atoms with E-state index in [0.29, 0.717) is 19.5 Å². The zero-order valence-corrected chi connectivity index (χ0v) is 9.21. The summed E-state index contributed by atoms with van der Waals surface area (Å²) in [5.41, 5.74) is 5.33. The van der Waals surface area contributed by atoms with Gasteiger partial charge in [-0.1, -0.05) is 0 Å². The van der Waals surface area contributed by atoms with Gasteiger partial charge < -0.3 is 15.8 Å². The zero-order valence-electron chi connectivity index (χ0n) is 9.21. The molecule has 0 aromatic heterocycles. The smallest absolute Gasteiger partial charge is 0.221 e. The van der Waals surface area contributed by atoms with Gasteiger partial charge in [0.05, 0.1) is 13.2 Å². The van der Waals surface area contributed by atoms with Crippen LogP contribution in [0.4, 0.5) is 0 Å². The summed E-state index contributed by atoms with van der Waals surface area (Å²) in [6, 6.07) is 0. The summed E-state index contributed by atoms with van der Waals surface area (Å²) >= 11 is 0. The summed E-state index contributed by atoms with van der Waals surface area (Å²) in [5.74, 6) is 0.120. The highest BCUT2D eigenvalue weighted by Gasteiger charge is 2.11. The fourth-order valence-corrected chi connectivity index (χ4v) is 1.50. The number of rotatable bonds is 6. The van der Waals surface area contributed by atoms with E-state index in [9.17, 15) is 4.79 Å². The lowest BCUT2D eigenvalue weighted by molar-refractivity contribution is -0.121. The number of morpholine rings is 1. The van der Waals surface area contributed by atoms with Crippen LogP contribution in [-0.4, -0.2) is 56.7 Å². The number of amides is 1. The monoisotopic (exact) mass is 215 g/mol. The molecule has 3 N–H and O–H groups in total. The quantitative estimate of drug-likeness (QED) is 0.568. The van der Waals surface area contributed by atoms with Crippen LogP contribution in [0, 0.1) is 0 Å². The highest BCUT2D eigenvalue weighted by Crippen LogP contribution is 1.97. The van der Waals surface area contributed by atoms with Crippen LogP contribution in [0.3, 0.4) is 0 Å². The van der Waals surface area contributed by atoms with E-state index in [-0.39, 0.29) is 5.91 Å². The van der Waals surface area contributed by atoms with Crippen molar-refractivity contribution in [3.63, 3.8) is 0 Å². The molecule has 15 heavy (non-hydrogen) atoms. The SMILES string of the molecule is NCCCNC(=O)CCN1CCOCC1. The second-order valence-electron chi connectivity index (χ2n) is 3.70.